The van der Waals surface area contributed by atoms with E-state index in [1.54, 1.807) is 0 Å². The lowest BCUT2D eigenvalue weighted by Gasteiger charge is -2.20. The molecule has 14 heavy (non-hydrogen) atoms. The van der Waals surface area contributed by atoms with Gasteiger partial charge in [-0.25, -0.2) is 0 Å². The normalized spacial score (nSPS) is 13.5. The number of nitrogens with two attached hydrogens (primary N) is 1. The summed E-state index contributed by atoms with van der Waals surface area (Å²) < 4.78 is 5.31. The Balaban J connectivity index is 3.35. The van der Waals surface area contributed by atoms with Gasteiger partial charge in [0, 0.05) is 19.7 Å². The van der Waals surface area contributed by atoms with E-state index >= 15 is 0 Å². The van der Waals surface area contributed by atoms with Gasteiger partial charge in [-0.15, -0.1) is 0 Å². The van der Waals surface area contributed by atoms with E-state index < -0.39 is 0 Å². The molecular formula is C11H26N2O. The summed E-state index contributed by atoms with van der Waals surface area (Å²) in [5, 5.41) is 0. The highest BCUT2D eigenvalue weighted by Crippen LogP contribution is 2.05. The van der Waals surface area contributed by atoms with Crippen LogP contribution in [0.15, 0.2) is 0 Å². The van der Waals surface area contributed by atoms with Crippen molar-refractivity contribution in [2.45, 2.75) is 26.7 Å². The fourth-order valence-corrected chi connectivity index (χ4v) is 1.55. The third-order valence-corrected chi connectivity index (χ3v) is 2.35. The molecule has 0 aliphatic carbocycles. The molecule has 0 heterocycles. The third-order valence-electron chi connectivity index (χ3n) is 2.35. The Kier molecular flexibility index (Phi) is 9.35. The predicted octanol–water partition coefficient (Wildman–Crippen LogP) is 1.33. The Morgan fingerprint density at radius 3 is 2.71 bits per heavy atom. The Labute approximate surface area is 88.6 Å². The molecule has 0 amide bonds. The van der Waals surface area contributed by atoms with Crippen LogP contribution < -0.4 is 5.73 Å². The molecule has 0 spiro atoms. The van der Waals surface area contributed by atoms with Crippen molar-refractivity contribution < 1.29 is 4.74 Å². The maximum Gasteiger partial charge on any atom is 0.0593 e. The first kappa shape index (κ1) is 13.9. The van der Waals surface area contributed by atoms with E-state index in [9.17, 15) is 0 Å². The molecule has 0 aliphatic rings. The van der Waals surface area contributed by atoms with Gasteiger partial charge >= 0.3 is 0 Å². The van der Waals surface area contributed by atoms with E-state index in [4.69, 9.17) is 10.5 Å². The highest BCUT2D eigenvalue weighted by Gasteiger charge is 2.05. The summed E-state index contributed by atoms with van der Waals surface area (Å²) in [5.74, 6) is 0.741. The number of nitrogens with zero attached hydrogens (tertiary/aromatic N) is 1. The molecule has 0 saturated carbocycles. The molecule has 2 N–H and O–H groups in total. The van der Waals surface area contributed by atoms with Gasteiger partial charge in [-0.1, -0.05) is 6.92 Å². The monoisotopic (exact) mass is 202 g/mol. The minimum absolute atomic E-state index is 0.741. The SMILES string of the molecule is CCOCCN(C)CC(C)CCCN. The molecule has 1 atom stereocenters. The Morgan fingerprint density at radius 2 is 2.14 bits per heavy atom. The van der Waals surface area contributed by atoms with Gasteiger partial charge < -0.3 is 15.4 Å². The average Bonchev–Trinajstić information content (AvgIpc) is 2.15. The van der Waals surface area contributed by atoms with E-state index in [1.165, 1.54) is 6.42 Å². The molecule has 0 rings (SSSR count). The molecule has 0 aromatic heterocycles. The number of hydrogen-bond acceptors (Lipinski definition) is 3. The molecule has 0 saturated heterocycles. The zero-order chi connectivity index (χ0) is 10.8. The van der Waals surface area contributed by atoms with Gasteiger partial charge in [-0.2, -0.15) is 0 Å². The van der Waals surface area contributed by atoms with E-state index in [2.05, 4.69) is 18.9 Å². The van der Waals surface area contributed by atoms with Gasteiger partial charge in [0.2, 0.25) is 0 Å². The maximum absolute atomic E-state index is 5.47. The molecule has 1 unspecified atom stereocenters. The minimum atomic E-state index is 0.741. The summed E-state index contributed by atoms with van der Waals surface area (Å²) in [6.45, 7) is 8.96. The first-order chi connectivity index (χ1) is 6.70. The largest absolute Gasteiger partial charge is 0.380 e. The predicted molar refractivity (Wildman–Crippen MR) is 61.4 cm³/mol. The molecule has 0 aliphatic heterocycles. The maximum atomic E-state index is 5.47. The van der Waals surface area contributed by atoms with Gasteiger partial charge in [0.05, 0.1) is 6.61 Å². The summed E-state index contributed by atoms with van der Waals surface area (Å²) in [7, 11) is 2.15. The molecule has 0 aromatic rings. The Morgan fingerprint density at radius 1 is 1.43 bits per heavy atom. The van der Waals surface area contributed by atoms with Crippen LogP contribution in [0.5, 0.6) is 0 Å². The van der Waals surface area contributed by atoms with Gasteiger partial charge in [-0.3, -0.25) is 0 Å². The van der Waals surface area contributed by atoms with Crippen molar-refractivity contribution >= 4 is 0 Å². The lowest BCUT2D eigenvalue weighted by Crippen LogP contribution is -2.28. The van der Waals surface area contributed by atoms with Crippen LogP contribution in [0, 0.1) is 5.92 Å². The average molecular weight is 202 g/mol. The van der Waals surface area contributed by atoms with Crippen molar-refractivity contribution in [2.24, 2.45) is 11.7 Å². The fourth-order valence-electron chi connectivity index (χ4n) is 1.55. The van der Waals surface area contributed by atoms with Crippen LogP contribution in [-0.2, 0) is 4.74 Å². The van der Waals surface area contributed by atoms with Crippen LogP contribution in [0.4, 0.5) is 0 Å². The molecule has 0 fully saturated rings. The van der Waals surface area contributed by atoms with Crippen molar-refractivity contribution in [2.75, 3.05) is 39.9 Å². The lowest BCUT2D eigenvalue weighted by atomic mass is 10.1. The van der Waals surface area contributed by atoms with Gasteiger partial charge in [-0.05, 0) is 39.3 Å². The molecular weight excluding hydrogens is 176 g/mol. The molecule has 86 valence electrons. The van der Waals surface area contributed by atoms with Crippen LogP contribution >= 0.6 is 0 Å². The fraction of sp³-hybridized carbons (Fsp3) is 1.00. The summed E-state index contributed by atoms with van der Waals surface area (Å²) >= 11 is 0. The van der Waals surface area contributed by atoms with Crippen LogP contribution in [0.25, 0.3) is 0 Å². The van der Waals surface area contributed by atoms with E-state index in [-0.39, 0.29) is 0 Å². The molecule has 0 aromatic carbocycles. The van der Waals surface area contributed by atoms with Crippen molar-refractivity contribution in [3.05, 3.63) is 0 Å². The zero-order valence-electron chi connectivity index (χ0n) is 9.96. The van der Waals surface area contributed by atoms with Crippen LogP contribution in [0.1, 0.15) is 26.7 Å². The number of likely N-dealkylation sites (N-methyl/N-ethyl adjacent to an activating group) is 1. The highest BCUT2D eigenvalue weighted by atomic mass is 16.5. The molecule has 0 bridgehead atoms. The smallest absolute Gasteiger partial charge is 0.0593 e. The second kappa shape index (κ2) is 9.44. The van der Waals surface area contributed by atoms with Crippen molar-refractivity contribution in [3.8, 4) is 0 Å². The van der Waals surface area contributed by atoms with Crippen molar-refractivity contribution in [1.29, 1.82) is 0 Å². The summed E-state index contributed by atoms with van der Waals surface area (Å²) in [6, 6.07) is 0. The summed E-state index contributed by atoms with van der Waals surface area (Å²) in [4.78, 5) is 2.33. The second-order valence-corrected chi connectivity index (χ2v) is 4.00. The Bertz CT molecular complexity index is 120. The lowest BCUT2D eigenvalue weighted by molar-refractivity contribution is 0.117. The van der Waals surface area contributed by atoms with Crippen LogP contribution in [0.3, 0.4) is 0 Å². The van der Waals surface area contributed by atoms with Gasteiger partial charge in [0.25, 0.3) is 0 Å². The highest BCUT2D eigenvalue weighted by molar-refractivity contribution is 4.59. The van der Waals surface area contributed by atoms with Crippen LogP contribution in [0.2, 0.25) is 0 Å². The van der Waals surface area contributed by atoms with Crippen LogP contribution in [-0.4, -0.2) is 44.8 Å². The first-order valence-electron chi connectivity index (χ1n) is 5.67. The van der Waals surface area contributed by atoms with Gasteiger partial charge in [0.1, 0.15) is 0 Å². The second-order valence-electron chi connectivity index (χ2n) is 4.00. The molecule has 3 heteroatoms. The Hall–Kier alpha value is -0.120. The quantitative estimate of drug-likeness (QED) is 0.573. The van der Waals surface area contributed by atoms with E-state index in [0.29, 0.717) is 0 Å². The summed E-state index contributed by atoms with van der Waals surface area (Å²) in [5.41, 5.74) is 5.47. The number of ether oxygens (including phenoxy) is 1. The van der Waals surface area contributed by atoms with E-state index in [0.717, 1.165) is 45.2 Å². The third kappa shape index (κ3) is 8.48. The minimum Gasteiger partial charge on any atom is -0.380 e. The molecule has 3 nitrogen and oxygen atoms in total. The summed E-state index contributed by atoms with van der Waals surface area (Å²) in [6.07, 6.45) is 2.37. The van der Waals surface area contributed by atoms with E-state index in [1.807, 2.05) is 6.92 Å². The number of rotatable bonds is 9. The first-order valence-corrected chi connectivity index (χ1v) is 5.67. The zero-order valence-corrected chi connectivity index (χ0v) is 9.96. The van der Waals surface area contributed by atoms with Crippen molar-refractivity contribution in [3.63, 3.8) is 0 Å². The standard InChI is InChI=1S/C11H26N2O/c1-4-14-9-8-13(3)10-11(2)6-5-7-12/h11H,4-10,12H2,1-3H3. The van der Waals surface area contributed by atoms with Crippen molar-refractivity contribution in [1.82, 2.24) is 4.90 Å². The number of hydrogen-bond donors (Lipinski definition) is 1. The van der Waals surface area contributed by atoms with Gasteiger partial charge in [0.15, 0.2) is 0 Å². The molecule has 0 radical (unpaired) electrons. The topological polar surface area (TPSA) is 38.5 Å².